The van der Waals surface area contributed by atoms with Gasteiger partial charge in [-0.15, -0.1) is 0 Å². The van der Waals surface area contributed by atoms with Crippen molar-refractivity contribution in [2.45, 2.75) is 12.3 Å². The maximum Gasteiger partial charge on any atom is 0.225 e. The second-order valence-corrected chi connectivity index (χ2v) is 4.58. The van der Waals surface area contributed by atoms with Crippen molar-refractivity contribution >= 4 is 5.95 Å². The summed E-state index contributed by atoms with van der Waals surface area (Å²) in [6.45, 7) is 5.67. The second-order valence-electron chi connectivity index (χ2n) is 4.58. The summed E-state index contributed by atoms with van der Waals surface area (Å²) in [5, 5.41) is 3.34. The van der Waals surface area contributed by atoms with Crippen LogP contribution in [-0.4, -0.2) is 49.4 Å². The Morgan fingerprint density at radius 2 is 2.24 bits per heavy atom. The molecule has 1 unspecified atom stereocenters. The third kappa shape index (κ3) is 2.40. The lowest BCUT2D eigenvalue weighted by molar-refractivity contribution is 0.193. The fraction of sp³-hybridized carbons (Fsp3) is 0.667. The van der Waals surface area contributed by atoms with E-state index in [2.05, 4.69) is 20.2 Å². The highest BCUT2D eigenvalue weighted by molar-refractivity contribution is 5.32. The minimum absolute atomic E-state index is 0.458. The molecule has 2 aliphatic rings. The molecule has 92 valence electrons. The molecule has 0 aliphatic carbocycles. The lowest BCUT2D eigenvalue weighted by Gasteiger charge is -2.27. The van der Waals surface area contributed by atoms with E-state index in [9.17, 15) is 0 Å². The van der Waals surface area contributed by atoms with Crippen LogP contribution in [0.15, 0.2) is 12.3 Å². The topological polar surface area (TPSA) is 50.3 Å². The van der Waals surface area contributed by atoms with Gasteiger partial charge in [0, 0.05) is 44.9 Å². The number of hydrogen-bond acceptors (Lipinski definition) is 5. The molecular weight excluding hydrogens is 216 g/mol. The van der Waals surface area contributed by atoms with Crippen molar-refractivity contribution < 1.29 is 4.74 Å². The van der Waals surface area contributed by atoms with Crippen molar-refractivity contribution in [3.8, 4) is 0 Å². The maximum atomic E-state index is 5.41. The predicted octanol–water partition coefficient (Wildman–Crippen LogP) is 0.390. The molecule has 1 aromatic rings. The highest BCUT2D eigenvalue weighted by Crippen LogP contribution is 2.24. The highest BCUT2D eigenvalue weighted by Gasteiger charge is 2.21. The normalized spacial score (nSPS) is 25.2. The molecule has 0 saturated carbocycles. The first-order valence-corrected chi connectivity index (χ1v) is 6.30. The first-order chi connectivity index (χ1) is 8.43. The van der Waals surface area contributed by atoms with Crippen LogP contribution in [0.25, 0.3) is 0 Å². The van der Waals surface area contributed by atoms with Gasteiger partial charge in [0.15, 0.2) is 0 Å². The molecule has 0 aromatic carbocycles. The predicted molar refractivity (Wildman–Crippen MR) is 65.3 cm³/mol. The van der Waals surface area contributed by atoms with E-state index in [0.29, 0.717) is 5.92 Å². The van der Waals surface area contributed by atoms with Crippen LogP contribution in [0.2, 0.25) is 0 Å². The Morgan fingerprint density at radius 1 is 1.35 bits per heavy atom. The van der Waals surface area contributed by atoms with Gasteiger partial charge in [0.05, 0.1) is 12.3 Å². The summed E-state index contributed by atoms with van der Waals surface area (Å²) >= 11 is 0. The molecule has 1 aromatic heterocycles. The summed E-state index contributed by atoms with van der Waals surface area (Å²) in [5.74, 6) is 1.33. The van der Waals surface area contributed by atoms with Gasteiger partial charge in [-0.1, -0.05) is 0 Å². The summed E-state index contributed by atoms with van der Waals surface area (Å²) in [5.41, 5.74) is 1.13. The Balaban J connectivity index is 1.77. The molecule has 0 bridgehead atoms. The zero-order chi connectivity index (χ0) is 11.5. The van der Waals surface area contributed by atoms with Crippen LogP contribution in [0.1, 0.15) is 18.0 Å². The molecule has 17 heavy (non-hydrogen) atoms. The van der Waals surface area contributed by atoms with Crippen molar-refractivity contribution in [3.05, 3.63) is 18.0 Å². The SMILES string of the molecule is c1cc(C2CCOC2)nc(N2CCNCC2)n1. The van der Waals surface area contributed by atoms with E-state index >= 15 is 0 Å². The number of nitrogens with zero attached hydrogens (tertiary/aromatic N) is 3. The van der Waals surface area contributed by atoms with Crippen molar-refractivity contribution in [1.82, 2.24) is 15.3 Å². The van der Waals surface area contributed by atoms with Crippen molar-refractivity contribution in [2.75, 3.05) is 44.3 Å². The van der Waals surface area contributed by atoms with E-state index < -0.39 is 0 Å². The van der Waals surface area contributed by atoms with Gasteiger partial charge in [0.25, 0.3) is 0 Å². The molecule has 3 heterocycles. The quantitative estimate of drug-likeness (QED) is 0.802. The first-order valence-electron chi connectivity index (χ1n) is 6.30. The van der Waals surface area contributed by atoms with Crippen molar-refractivity contribution in [2.24, 2.45) is 0 Å². The van der Waals surface area contributed by atoms with Gasteiger partial charge in [0.1, 0.15) is 0 Å². The number of aromatic nitrogens is 2. The number of piperazine rings is 1. The number of hydrogen-bond donors (Lipinski definition) is 1. The smallest absolute Gasteiger partial charge is 0.225 e. The van der Waals surface area contributed by atoms with Crippen LogP contribution < -0.4 is 10.2 Å². The highest BCUT2D eigenvalue weighted by atomic mass is 16.5. The molecule has 0 amide bonds. The third-order valence-electron chi connectivity index (χ3n) is 3.41. The van der Waals surface area contributed by atoms with Crippen molar-refractivity contribution in [3.63, 3.8) is 0 Å². The van der Waals surface area contributed by atoms with E-state index in [1.54, 1.807) is 0 Å². The molecule has 3 rings (SSSR count). The molecule has 0 radical (unpaired) electrons. The fourth-order valence-corrected chi connectivity index (χ4v) is 2.37. The monoisotopic (exact) mass is 234 g/mol. The second kappa shape index (κ2) is 4.98. The Kier molecular flexibility index (Phi) is 3.20. The van der Waals surface area contributed by atoms with E-state index in [4.69, 9.17) is 4.74 Å². The van der Waals surface area contributed by atoms with Crippen LogP contribution in [0, 0.1) is 0 Å². The largest absolute Gasteiger partial charge is 0.381 e. The number of nitrogens with one attached hydrogen (secondary N) is 1. The Labute approximate surface area is 101 Å². The van der Waals surface area contributed by atoms with Crippen LogP contribution >= 0.6 is 0 Å². The fourth-order valence-electron chi connectivity index (χ4n) is 2.37. The molecule has 2 aliphatic heterocycles. The average molecular weight is 234 g/mol. The molecule has 1 N–H and O–H groups in total. The molecule has 5 heteroatoms. The first kappa shape index (κ1) is 10.9. The summed E-state index contributed by atoms with van der Waals surface area (Å²) in [4.78, 5) is 11.3. The van der Waals surface area contributed by atoms with Crippen LogP contribution in [-0.2, 0) is 4.74 Å². The summed E-state index contributed by atoms with van der Waals surface area (Å²) < 4.78 is 5.41. The van der Waals surface area contributed by atoms with E-state index in [0.717, 1.165) is 57.5 Å². The van der Waals surface area contributed by atoms with Crippen LogP contribution in [0.4, 0.5) is 5.95 Å². The van der Waals surface area contributed by atoms with E-state index in [1.165, 1.54) is 0 Å². The Bertz CT molecular complexity index is 373. The summed E-state index contributed by atoms with van der Waals surface area (Å²) in [6, 6.07) is 2.02. The van der Waals surface area contributed by atoms with Crippen molar-refractivity contribution in [1.29, 1.82) is 0 Å². The molecule has 0 spiro atoms. The minimum atomic E-state index is 0.458. The van der Waals surface area contributed by atoms with Crippen LogP contribution in [0.5, 0.6) is 0 Å². The average Bonchev–Trinajstić information content (AvgIpc) is 2.94. The standard InChI is InChI=1S/C12H18N4O/c1-3-14-12(16-6-4-13-5-7-16)15-11(1)10-2-8-17-9-10/h1,3,10,13H,2,4-9H2. The van der Waals surface area contributed by atoms with Gasteiger partial charge in [-0.2, -0.15) is 0 Å². The maximum absolute atomic E-state index is 5.41. The van der Waals surface area contributed by atoms with Gasteiger partial charge >= 0.3 is 0 Å². The molecule has 2 saturated heterocycles. The van der Waals surface area contributed by atoms with E-state index in [-0.39, 0.29) is 0 Å². The van der Waals surface area contributed by atoms with Crippen LogP contribution in [0.3, 0.4) is 0 Å². The van der Waals surface area contributed by atoms with E-state index in [1.807, 2.05) is 12.3 Å². The number of anilines is 1. The summed E-state index contributed by atoms with van der Waals surface area (Å²) in [7, 11) is 0. The molecular formula is C12H18N4O. The van der Waals surface area contributed by atoms with Gasteiger partial charge in [0.2, 0.25) is 5.95 Å². The minimum Gasteiger partial charge on any atom is -0.381 e. The van der Waals surface area contributed by atoms with Gasteiger partial charge in [-0.3, -0.25) is 0 Å². The van der Waals surface area contributed by atoms with Gasteiger partial charge in [-0.05, 0) is 12.5 Å². The molecule has 1 atom stereocenters. The molecule has 5 nitrogen and oxygen atoms in total. The zero-order valence-corrected chi connectivity index (χ0v) is 9.93. The number of ether oxygens (including phenoxy) is 1. The lowest BCUT2D eigenvalue weighted by atomic mass is 10.1. The lowest BCUT2D eigenvalue weighted by Crippen LogP contribution is -2.44. The van der Waals surface area contributed by atoms with Gasteiger partial charge < -0.3 is 15.0 Å². The molecule has 2 fully saturated rings. The van der Waals surface area contributed by atoms with Gasteiger partial charge in [-0.25, -0.2) is 9.97 Å². The third-order valence-corrected chi connectivity index (χ3v) is 3.41. The number of rotatable bonds is 2. The summed E-state index contributed by atoms with van der Waals surface area (Å²) in [6.07, 6.45) is 2.95. The zero-order valence-electron chi connectivity index (χ0n) is 9.93. The Hall–Kier alpha value is -1.20. The Morgan fingerprint density at radius 3 is 3.00 bits per heavy atom.